The molecule has 0 amide bonds. The van der Waals surface area contributed by atoms with E-state index in [4.69, 9.17) is 0 Å². The number of hydrogen-bond acceptors (Lipinski definition) is 3. The summed E-state index contributed by atoms with van der Waals surface area (Å²) in [5.74, 6) is 0.841. The van der Waals surface area contributed by atoms with Gasteiger partial charge in [0.05, 0.1) is 23.2 Å². The lowest BCUT2D eigenvalue weighted by molar-refractivity contribution is 0.621. The number of aliphatic imine (C=N–C) groups is 1. The number of thioether (sulfide) groups is 1. The fourth-order valence-electron chi connectivity index (χ4n) is 3.12. The van der Waals surface area contributed by atoms with Crippen molar-refractivity contribution in [1.82, 2.24) is 9.55 Å². The summed E-state index contributed by atoms with van der Waals surface area (Å²) in [5.41, 5.74) is 4.92. The summed E-state index contributed by atoms with van der Waals surface area (Å²) >= 11 is 1.78. The largest absolute Gasteiger partial charge is 0.331 e. The highest BCUT2D eigenvalue weighted by molar-refractivity contribution is 8.04. The molecular formula is C21H21N3S. The van der Waals surface area contributed by atoms with Gasteiger partial charge in [-0.2, -0.15) is 0 Å². The molecule has 1 aliphatic rings. The predicted octanol–water partition coefficient (Wildman–Crippen LogP) is 5.18. The molecule has 2 heterocycles. The van der Waals surface area contributed by atoms with Crippen LogP contribution in [0.4, 0.5) is 0 Å². The average Bonchev–Trinajstić information content (AvgIpc) is 3.29. The van der Waals surface area contributed by atoms with Crippen molar-refractivity contribution in [3.8, 4) is 0 Å². The summed E-state index contributed by atoms with van der Waals surface area (Å²) in [7, 11) is 0. The van der Waals surface area contributed by atoms with Gasteiger partial charge in [0.25, 0.3) is 0 Å². The second-order valence-corrected chi connectivity index (χ2v) is 7.28. The fraction of sp³-hybridized carbons (Fsp3) is 0.238. The maximum Gasteiger partial charge on any atom is 0.0958 e. The third kappa shape index (κ3) is 4.02. The van der Waals surface area contributed by atoms with Crippen LogP contribution in [-0.4, -0.2) is 21.6 Å². The lowest BCUT2D eigenvalue weighted by Crippen LogP contribution is -1.97. The van der Waals surface area contributed by atoms with E-state index in [1.54, 1.807) is 11.8 Å². The van der Waals surface area contributed by atoms with Gasteiger partial charge >= 0.3 is 0 Å². The van der Waals surface area contributed by atoms with Gasteiger partial charge in [-0.3, -0.25) is 4.99 Å². The first-order valence-electron chi connectivity index (χ1n) is 8.72. The molecule has 25 heavy (non-hydrogen) atoms. The van der Waals surface area contributed by atoms with E-state index in [0.29, 0.717) is 0 Å². The van der Waals surface area contributed by atoms with Crippen LogP contribution in [-0.2, 0) is 13.0 Å². The number of benzene rings is 2. The Bertz CT molecular complexity index is 909. The summed E-state index contributed by atoms with van der Waals surface area (Å²) in [5, 5.41) is 0. The summed E-state index contributed by atoms with van der Waals surface area (Å²) in [6.07, 6.45) is 9.62. The van der Waals surface area contributed by atoms with Crippen LogP contribution >= 0.6 is 11.8 Å². The molecular weight excluding hydrogens is 326 g/mol. The van der Waals surface area contributed by atoms with Gasteiger partial charge < -0.3 is 4.57 Å². The van der Waals surface area contributed by atoms with Gasteiger partial charge in [-0.25, -0.2) is 4.98 Å². The Morgan fingerprint density at radius 3 is 2.84 bits per heavy atom. The van der Waals surface area contributed by atoms with Crippen molar-refractivity contribution in [2.75, 3.05) is 5.88 Å². The smallest absolute Gasteiger partial charge is 0.0958 e. The van der Waals surface area contributed by atoms with E-state index in [0.717, 1.165) is 30.8 Å². The van der Waals surface area contributed by atoms with Gasteiger partial charge in [0.2, 0.25) is 0 Å². The molecule has 0 spiro atoms. The number of allylic oxidation sites excluding steroid dienone is 1. The maximum absolute atomic E-state index is 4.54. The van der Waals surface area contributed by atoms with Crippen LogP contribution in [0.25, 0.3) is 17.1 Å². The monoisotopic (exact) mass is 347 g/mol. The number of rotatable bonds is 6. The van der Waals surface area contributed by atoms with E-state index in [-0.39, 0.29) is 0 Å². The molecule has 1 aromatic heterocycles. The molecule has 0 unspecified atom stereocenters. The lowest BCUT2D eigenvalue weighted by atomic mass is 10.1. The number of fused-ring (bicyclic) bond motifs is 1. The molecule has 0 radical (unpaired) electrons. The van der Waals surface area contributed by atoms with E-state index < -0.39 is 0 Å². The summed E-state index contributed by atoms with van der Waals surface area (Å²) in [6.45, 7) is 1.01. The minimum Gasteiger partial charge on any atom is -0.331 e. The van der Waals surface area contributed by atoms with Crippen LogP contribution in [0.15, 0.2) is 64.8 Å². The third-order valence-corrected chi connectivity index (χ3v) is 5.27. The highest BCUT2D eigenvalue weighted by Gasteiger charge is 2.05. The van der Waals surface area contributed by atoms with Crippen LogP contribution in [0.5, 0.6) is 0 Å². The van der Waals surface area contributed by atoms with E-state index in [1.807, 2.05) is 12.5 Å². The molecule has 1 aliphatic heterocycles. The molecule has 0 saturated carbocycles. The van der Waals surface area contributed by atoms with E-state index >= 15 is 0 Å². The van der Waals surface area contributed by atoms with Gasteiger partial charge in [-0.15, -0.1) is 11.8 Å². The molecule has 4 heteroatoms. The van der Waals surface area contributed by atoms with Gasteiger partial charge in [-0.1, -0.05) is 36.4 Å². The van der Waals surface area contributed by atoms with Gasteiger partial charge in [0, 0.05) is 17.7 Å². The Hall–Kier alpha value is -2.33. The molecule has 0 bridgehead atoms. The maximum atomic E-state index is 4.54. The zero-order valence-electron chi connectivity index (χ0n) is 14.1. The molecule has 2 aromatic carbocycles. The lowest BCUT2D eigenvalue weighted by Gasteiger charge is -2.05. The minimum absolute atomic E-state index is 0.841. The highest BCUT2D eigenvalue weighted by atomic mass is 32.2. The van der Waals surface area contributed by atoms with Crippen LogP contribution in [0.3, 0.4) is 0 Å². The fourth-order valence-corrected chi connectivity index (χ4v) is 3.78. The number of imidazole rings is 1. The first kappa shape index (κ1) is 16.2. The minimum atomic E-state index is 0.841. The van der Waals surface area contributed by atoms with Crippen molar-refractivity contribution in [3.63, 3.8) is 0 Å². The van der Waals surface area contributed by atoms with Crippen LogP contribution in [0, 0.1) is 0 Å². The molecule has 4 rings (SSSR count). The number of aryl methyl sites for hydroxylation is 2. The molecule has 126 valence electrons. The molecule has 0 N–H and O–H groups in total. The standard InChI is InChI=1S/C21H21N3S/c1-2-6-17(7-3-1)8-4-5-11-24-15-23-20-10-9-18(13-21(20)24)12-19-14-22-16-25-19/h1-3,6-7,9-10,12-15H,4-5,8,11,16H2. The van der Waals surface area contributed by atoms with Crippen LogP contribution in [0.1, 0.15) is 24.0 Å². The number of aromatic nitrogens is 2. The summed E-state index contributed by atoms with van der Waals surface area (Å²) < 4.78 is 2.28. The zero-order valence-corrected chi connectivity index (χ0v) is 15.0. The quantitative estimate of drug-likeness (QED) is 0.576. The summed E-state index contributed by atoms with van der Waals surface area (Å²) in [4.78, 5) is 10.0. The van der Waals surface area contributed by atoms with Crippen molar-refractivity contribution in [3.05, 3.63) is 70.9 Å². The average molecular weight is 347 g/mol. The molecule has 3 nitrogen and oxygen atoms in total. The zero-order chi connectivity index (χ0) is 16.9. The molecule has 0 atom stereocenters. The first-order chi connectivity index (χ1) is 12.4. The van der Waals surface area contributed by atoms with Crippen molar-refractivity contribution in [1.29, 1.82) is 0 Å². The third-order valence-electron chi connectivity index (χ3n) is 4.44. The highest BCUT2D eigenvalue weighted by Crippen LogP contribution is 2.24. The normalized spacial score (nSPS) is 15.4. The SMILES string of the molecule is C1=NCSC1=Cc1ccc2ncn(CCCCc3ccccc3)c2c1. The van der Waals surface area contributed by atoms with Gasteiger partial charge in [-0.05, 0) is 48.6 Å². The van der Waals surface area contributed by atoms with Crippen molar-refractivity contribution in [2.24, 2.45) is 4.99 Å². The Morgan fingerprint density at radius 2 is 2.00 bits per heavy atom. The van der Waals surface area contributed by atoms with E-state index in [9.17, 15) is 0 Å². The van der Waals surface area contributed by atoms with Crippen LogP contribution in [0.2, 0.25) is 0 Å². The topological polar surface area (TPSA) is 30.2 Å². The van der Waals surface area contributed by atoms with Crippen molar-refractivity contribution < 1.29 is 0 Å². The Kier molecular flexibility index (Phi) is 4.98. The Labute approximate surface area is 152 Å². The molecule has 0 fully saturated rings. The Morgan fingerprint density at radius 1 is 1.08 bits per heavy atom. The number of nitrogens with zero attached hydrogens (tertiary/aromatic N) is 3. The summed E-state index contributed by atoms with van der Waals surface area (Å²) in [6, 6.07) is 17.2. The van der Waals surface area contributed by atoms with Crippen molar-refractivity contribution in [2.45, 2.75) is 25.8 Å². The predicted molar refractivity (Wildman–Crippen MR) is 108 cm³/mol. The Balaban J connectivity index is 1.42. The van der Waals surface area contributed by atoms with Crippen LogP contribution < -0.4 is 0 Å². The molecule has 0 aliphatic carbocycles. The van der Waals surface area contributed by atoms with Crippen molar-refractivity contribution >= 4 is 35.1 Å². The van der Waals surface area contributed by atoms with E-state index in [1.165, 1.54) is 28.0 Å². The molecule has 3 aromatic rings. The second-order valence-electron chi connectivity index (χ2n) is 6.26. The number of hydrogen-bond donors (Lipinski definition) is 0. The van der Waals surface area contributed by atoms with Gasteiger partial charge in [0.15, 0.2) is 0 Å². The first-order valence-corrected chi connectivity index (χ1v) is 9.70. The van der Waals surface area contributed by atoms with Gasteiger partial charge in [0.1, 0.15) is 0 Å². The second kappa shape index (κ2) is 7.70. The van der Waals surface area contributed by atoms with E-state index in [2.05, 4.69) is 69.2 Å². The molecule has 0 saturated heterocycles. The number of unbranched alkanes of at least 4 members (excludes halogenated alkanes) is 1.